The Kier molecular flexibility index (Phi) is 5.46. The third-order valence-corrected chi connectivity index (χ3v) is 7.68. The smallest absolute Gasteiger partial charge is 0.116 e. The van der Waals surface area contributed by atoms with Gasteiger partial charge in [-0.2, -0.15) is 5.10 Å². The summed E-state index contributed by atoms with van der Waals surface area (Å²) in [4.78, 5) is 15.0. The highest BCUT2D eigenvalue weighted by Crippen LogP contribution is 2.37. The van der Waals surface area contributed by atoms with E-state index in [0.717, 1.165) is 61.3 Å². The molecule has 0 aliphatic heterocycles. The van der Waals surface area contributed by atoms with Crippen LogP contribution in [0.5, 0.6) is 0 Å². The Hall–Kier alpha value is -4.23. The van der Waals surface area contributed by atoms with Gasteiger partial charge in [0.05, 0.1) is 34.8 Å². The van der Waals surface area contributed by atoms with Gasteiger partial charge in [0.2, 0.25) is 0 Å². The van der Waals surface area contributed by atoms with E-state index in [4.69, 9.17) is 0 Å². The lowest BCUT2D eigenvalue weighted by Gasteiger charge is -2.23. The maximum Gasteiger partial charge on any atom is 0.116 e. The molecule has 0 unspecified atom stereocenters. The van der Waals surface area contributed by atoms with Crippen LogP contribution < -0.4 is 5.32 Å². The number of nitrogens with zero attached hydrogens (tertiary/aromatic N) is 3. The predicted molar refractivity (Wildman–Crippen MR) is 155 cm³/mol. The fraction of sp³-hybridized carbons (Fsp3) is 0.167. The topological polar surface area (TPSA) is 82.3 Å². The molecule has 0 aliphatic carbocycles. The first-order chi connectivity index (χ1) is 17.8. The predicted octanol–water partition coefficient (Wildman–Crippen LogP) is 8.18. The third kappa shape index (κ3) is 4.32. The van der Waals surface area contributed by atoms with Gasteiger partial charge in [0.1, 0.15) is 5.69 Å². The molecule has 3 N–H and O–H groups in total. The average molecular weight is 505 g/mol. The molecule has 7 heteroatoms. The van der Waals surface area contributed by atoms with Crippen LogP contribution >= 0.6 is 11.3 Å². The van der Waals surface area contributed by atoms with E-state index in [0.29, 0.717) is 0 Å². The lowest BCUT2D eigenvalue weighted by Crippen LogP contribution is -2.15. The molecule has 0 saturated heterocycles. The number of rotatable bonds is 5. The molecule has 0 amide bonds. The Morgan fingerprint density at radius 1 is 0.892 bits per heavy atom. The van der Waals surface area contributed by atoms with Crippen molar-refractivity contribution in [2.45, 2.75) is 27.7 Å². The molecule has 6 nitrogen and oxygen atoms in total. The van der Waals surface area contributed by atoms with Gasteiger partial charge in [0, 0.05) is 55.2 Å². The van der Waals surface area contributed by atoms with Crippen LogP contribution in [0.3, 0.4) is 0 Å². The van der Waals surface area contributed by atoms with Crippen LogP contribution in [0.2, 0.25) is 0 Å². The highest BCUT2D eigenvalue weighted by molar-refractivity contribution is 7.15. The summed E-state index contributed by atoms with van der Waals surface area (Å²) < 4.78 is 0. The van der Waals surface area contributed by atoms with E-state index >= 15 is 0 Å². The summed E-state index contributed by atoms with van der Waals surface area (Å²) in [5.41, 5.74) is 8.86. The second kappa shape index (κ2) is 8.71. The number of pyridine rings is 2. The van der Waals surface area contributed by atoms with E-state index < -0.39 is 0 Å². The van der Waals surface area contributed by atoms with Gasteiger partial charge in [0.15, 0.2) is 0 Å². The van der Waals surface area contributed by atoms with Crippen molar-refractivity contribution >= 4 is 38.8 Å². The minimum atomic E-state index is -0.0437. The summed E-state index contributed by atoms with van der Waals surface area (Å²) in [5.74, 6) is 0. The van der Waals surface area contributed by atoms with Crippen molar-refractivity contribution in [2.24, 2.45) is 5.41 Å². The number of aryl methyl sites for hydroxylation is 1. The zero-order valence-corrected chi connectivity index (χ0v) is 22.1. The molecular weight excluding hydrogens is 476 g/mol. The summed E-state index contributed by atoms with van der Waals surface area (Å²) in [6.07, 6.45) is 7.52. The van der Waals surface area contributed by atoms with Crippen LogP contribution in [-0.2, 0) is 0 Å². The fourth-order valence-corrected chi connectivity index (χ4v) is 5.27. The van der Waals surface area contributed by atoms with Gasteiger partial charge < -0.3 is 10.3 Å². The standard InChI is InChI=1S/C30H28N6S/c1-17-6-9-28(37-17)24-15-32-16-27-22(24)12-26(34-27)29-23-11-19(7-8-25(23)35-36-29)20-10-21(14-31-13-20)33-18(2)30(3,4)5/h6-16,33-34H,2H2,1,3-5H3,(H,35,36). The fourth-order valence-electron chi connectivity index (χ4n) is 4.38. The molecule has 0 spiro atoms. The zero-order valence-electron chi connectivity index (χ0n) is 21.3. The van der Waals surface area contributed by atoms with Crippen LogP contribution in [0.1, 0.15) is 25.6 Å². The Morgan fingerprint density at radius 3 is 2.51 bits per heavy atom. The number of aromatic nitrogens is 5. The second-order valence-electron chi connectivity index (χ2n) is 10.4. The van der Waals surface area contributed by atoms with Crippen LogP contribution in [0, 0.1) is 12.3 Å². The van der Waals surface area contributed by atoms with Gasteiger partial charge in [-0.1, -0.05) is 33.4 Å². The average Bonchev–Trinajstić information content (AvgIpc) is 3.60. The molecule has 6 rings (SSSR count). The minimum absolute atomic E-state index is 0.0437. The SMILES string of the molecule is C=C(Nc1cncc(-c2ccc3[nH]nc(-c4cc5c(-c6ccc(C)s6)cncc5[nH]4)c3c2)c1)C(C)(C)C. The van der Waals surface area contributed by atoms with Gasteiger partial charge in [0.25, 0.3) is 0 Å². The number of nitrogens with one attached hydrogen (secondary N) is 3. The summed E-state index contributed by atoms with van der Waals surface area (Å²) in [5, 5.41) is 13.5. The van der Waals surface area contributed by atoms with Crippen LogP contribution in [0.4, 0.5) is 5.69 Å². The molecule has 5 heterocycles. The molecule has 1 aromatic carbocycles. The molecular formula is C30H28N6S. The quantitative estimate of drug-likeness (QED) is 0.221. The Bertz CT molecular complexity index is 1780. The highest BCUT2D eigenvalue weighted by atomic mass is 32.1. The van der Waals surface area contributed by atoms with E-state index in [1.807, 2.05) is 24.8 Å². The third-order valence-electron chi connectivity index (χ3n) is 6.64. The Labute approximate surface area is 219 Å². The Morgan fingerprint density at radius 2 is 1.73 bits per heavy atom. The van der Waals surface area contributed by atoms with Crippen molar-refractivity contribution < 1.29 is 0 Å². The minimum Gasteiger partial charge on any atom is -0.358 e. The number of aromatic amines is 2. The van der Waals surface area contributed by atoms with Crippen molar-refractivity contribution in [1.82, 2.24) is 25.1 Å². The molecule has 0 atom stereocenters. The number of allylic oxidation sites excluding steroid dienone is 1. The number of H-pyrrole nitrogens is 2. The molecule has 0 radical (unpaired) electrons. The first-order valence-corrected chi connectivity index (χ1v) is 13.0. The van der Waals surface area contributed by atoms with Crippen molar-refractivity contribution in [3.63, 3.8) is 0 Å². The molecule has 37 heavy (non-hydrogen) atoms. The molecule has 5 aromatic heterocycles. The van der Waals surface area contributed by atoms with Gasteiger partial charge in [-0.15, -0.1) is 11.3 Å². The van der Waals surface area contributed by atoms with Crippen LogP contribution in [0.15, 0.2) is 79.5 Å². The van der Waals surface area contributed by atoms with Crippen molar-refractivity contribution in [2.75, 3.05) is 5.32 Å². The summed E-state index contributed by atoms with van der Waals surface area (Å²) >= 11 is 1.78. The van der Waals surface area contributed by atoms with Gasteiger partial charge in [-0.3, -0.25) is 15.1 Å². The number of benzene rings is 1. The van der Waals surface area contributed by atoms with Crippen molar-refractivity contribution in [1.29, 1.82) is 0 Å². The van der Waals surface area contributed by atoms with Crippen LogP contribution in [0.25, 0.3) is 54.8 Å². The van der Waals surface area contributed by atoms with E-state index in [-0.39, 0.29) is 5.41 Å². The zero-order chi connectivity index (χ0) is 25.7. The van der Waals surface area contributed by atoms with E-state index in [1.54, 1.807) is 11.3 Å². The first kappa shape index (κ1) is 23.2. The highest BCUT2D eigenvalue weighted by Gasteiger charge is 2.17. The lowest BCUT2D eigenvalue weighted by atomic mass is 9.93. The number of fused-ring (bicyclic) bond motifs is 2. The van der Waals surface area contributed by atoms with Gasteiger partial charge in [-0.25, -0.2) is 0 Å². The maximum absolute atomic E-state index is 4.67. The van der Waals surface area contributed by atoms with Crippen molar-refractivity contribution in [3.05, 3.63) is 84.4 Å². The maximum atomic E-state index is 4.67. The monoisotopic (exact) mass is 504 g/mol. The van der Waals surface area contributed by atoms with E-state index in [2.05, 4.69) is 107 Å². The lowest BCUT2D eigenvalue weighted by molar-refractivity contribution is 0.509. The number of anilines is 1. The van der Waals surface area contributed by atoms with Gasteiger partial charge in [-0.05, 0) is 48.9 Å². The molecule has 0 aliphatic rings. The van der Waals surface area contributed by atoms with Gasteiger partial charge >= 0.3 is 0 Å². The van der Waals surface area contributed by atoms with Crippen LogP contribution in [-0.4, -0.2) is 25.1 Å². The number of hydrogen-bond donors (Lipinski definition) is 3. The molecule has 184 valence electrons. The Balaban J connectivity index is 1.40. The van der Waals surface area contributed by atoms with Crippen molar-refractivity contribution in [3.8, 4) is 33.0 Å². The van der Waals surface area contributed by atoms with E-state index in [1.165, 1.54) is 9.75 Å². The largest absolute Gasteiger partial charge is 0.358 e. The normalized spacial score (nSPS) is 11.9. The molecule has 0 bridgehead atoms. The second-order valence-corrected chi connectivity index (χ2v) is 11.7. The molecule has 0 fully saturated rings. The number of thiophene rings is 1. The molecule has 0 saturated carbocycles. The van der Waals surface area contributed by atoms with E-state index in [9.17, 15) is 0 Å². The summed E-state index contributed by atoms with van der Waals surface area (Å²) in [6, 6.07) is 14.9. The molecule has 6 aromatic rings. The first-order valence-electron chi connectivity index (χ1n) is 12.2. The number of hydrogen-bond acceptors (Lipinski definition) is 5. The summed E-state index contributed by atoms with van der Waals surface area (Å²) in [6.45, 7) is 12.7. The summed E-state index contributed by atoms with van der Waals surface area (Å²) in [7, 11) is 0.